The van der Waals surface area contributed by atoms with Crippen LogP contribution in [0, 0.1) is 13.8 Å². The summed E-state index contributed by atoms with van der Waals surface area (Å²) in [5, 5.41) is 6.58. The van der Waals surface area contributed by atoms with Crippen LogP contribution in [-0.2, 0) is 0 Å². The molecule has 0 atom stereocenters. The van der Waals surface area contributed by atoms with Gasteiger partial charge in [-0.2, -0.15) is 4.98 Å². The second kappa shape index (κ2) is 11.6. The van der Waals surface area contributed by atoms with Crippen LogP contribution in [0.5, 0.6) is 0 Å². The van der Waals surface area contributed by atoms with Crippen molar-refractivity contribution < 1.29 is 0 Å². The quantitative estimate of drug-likeness (QED) is 0.554. The summed E-state index contributed by atoms with van der Waals surface area (Å²) in [7, 11) is 0. The van der Waals surface area contributed by atoms with E-state index in [9.17, 15) is 0 Å². The highest BCUT2D eigenvalue weighted by atomic mass is 15.1. The average molecular weight is 351 g/mol. The van der Waals surface area contributed by atoms with Gasteiger partial charge in [0, 0.05) is 22.6 Å². The molecule has 138 valence electrons. The molecular formula is C22H30N4. The molecule has 4 heteroatoms. The number of hydrogen-bond donors (Lipinski definition) is 2. The fraction of sp³-hybridized carbons (Fsp3) is 0.273. The zero-order valence-corrected chi connectivity index (χ0v) is 16.7. The smallest absolute Gasteiger partial charge is 0.229 e. The standard InChI is InChI=1S/C18H18N4.2C2H6/c1-13-14(2)19-18(21-16-11-7-4-8-12-16)22-17(13)20-15-9-5-3-6-10-15;2*1-2/h3-12H,1-2H3,(H2,19,20,21,22);2*1-2H3. The lowest BCUT2D eigenvalue weighted by atomic mass is 10.2. The summed E-state index contributed by atoms with van der Waals surface area (Å²) in [6, 6.07) is 19.9. The Kier molecular flexibility index (Phi) is 9.47. The summed E-state index contributed by atoms with van der Waals surface area (Å²) < 4.78 is 0. The maximum Gasteiger partial charge on any atom is 0.229 e. The van der Waals surface area contributed by atoms with E-state index >= 15 is 0 Å². The minimum atomic E-state index is 0.590. The van der Waals surface area contributed by atoms with Crippen molar-refractivity contribution in [1.82, 2.24) is 9.97 Å². The van der Waals surface area contributed by atoms with E-state index in [0.29, 0.717) is 5.95 Å². The fourth-order valence-electron chi connectivity index (χ4n) is 2.12. The van der Waals surface area contributed by atoms with Crippen LogP contribution in [0.2, 0.25) is 0 Å². The Balaban J connectivity index is 0.000000791. The number of anilines is 4. The Morgan fingerprint density at radius 3 is 1.58 bits per heavy atom. The van der Waals surface area contributed by atoms with Crippen molar-refractivity contribution in [2.75, 3.05) is 10.6 Å². The minimum absolute atomic E-state index is 0.590. The van der Waals surface area contributed by atoms with Crippen molar-refractivity contribution in [1.29, 1.82) is 0 Å². The molecule has 0 saturated carbocycles. The zero-order valence-electron chi connectivity index (χ0n) is 16.7. The van der Waals surface area contributed by atoms with Gasteiger partial charge >= 0.3 is 0 Å². The Morgan fingerprint density at radius 2 is 1.08 bits per heavy atom. The molecule has 0 aliphatic carbocycles. The van der Waals surface area contributed by atoms with E-state index in [1.807, 2.05) is 102 Å². The molecule has 2 aromatic carbocycles. The van der Waals surface area contributed by atoms with E-state index in [1.165, 1.54) is 0 Å². The van der Waals surface area contributed by atoms with E-state index in [1.54, 1.807) is 0 Å². The molecule has 26 heavy (non-hydrogen) atoms. The molecule has 0 spiro atoms. The normalized spacial score (nSPS) is 9.15. The molecule has 0 aliphatic rings. The van der Waals surface area contributed by atoms with Gasteiger partial charge < -0.3 is 10.6 Å². The lowest BCUT2D eigenvalue weighted by molar-refractivity contribution is 1.07. The summed E-state index contributed by atoms with van der Waals surface area (Å²) in [5.74, 6) is 1.41. The van der Waals surface area contributed by atoms with E-state index in [0.717, 1.165) is 28.5 Å². The maximum atomic E-state index is 4.59. The molecular weight excluding hydrogens is 320 g/mol. The van der Waals surface area contributed by atoms with Crippen molar-refractivity contribution in [3.8, 4) is 0 Å². The van der Waals surface area contributed by atoms with Crippen molar-refractivity contribution in [3.05, 3.63) is 71.9 Å². The van der Waals surface area contributed by atoms with E-state index < -0.39 is 0 Å². The largest absolute Gasteiger partial charge is 0.340 e. The molecule has 0 saturated heterocycles. The Labute approximate surface area is 157 Å². The van der Waals surface area contributed by atoms with Crippen LogP contribution in [0.4, 0.5) is 23.1 Å². The van der Waals surface area contributed by atoms with Crippen LogP contribution >= 0.6 is 0 Å². The van der Waals surface area contributed by atoms with E-state index in [2.05, 4.69) is 20.6 Å². The first-order valence-electron chi connectivity index (χ1n) is 9.22. The van der Waals surface area contributed by atoms with Gasteiger partial charge in [0.25, 0.3) is 0 Å². The first kappa shape index (κ1) is 21.2. The maximum absolute atomic E-state index is 4.59. The number of nitrogens with zero attached hydrogens (tertiary/aromatic N) is 2. The molecule has 1 aromatic heterocycles. The number of aryl methyl sites for hydroxylation is 1. The molecule has 4 nitrogen and oxygen atoms in total. The Hall–Kier alpha value is -2.88. The Bertz CT molecular complexity index is 756. The van der Waals surface area contributed by atoms with Crippen LogP contribution < -0.4 is 10.6 Å². The van der Waals surface area contributed by atoms with E-state index in [4.69, 9.17) is 0 Å². The van der Waals surface area contributed by atoms with Crippen LogP contribution in [-0.4, -0.2) is 9.97 Å². The summed E-state index contributed by atoms with van der Waals surface area (Å²) in [6.45, 7) is 12.0. The number of para-hydroxylation sites is 2. The number of benzene rings is 2. The van der Waals surface area contributed by atoms with Gasteiger partial charge in [-0.3, -0.25) is 0 Å². The average Bonchev–Trinajstić information content (AvgIpc) is 2.70. The Morgan fingerprint density at radius 1 is 0.615 bits per heavy atom. The molecule has 0 aliphatic heterocycles. The summed E-state index contributed by atoms with van der Waals surface area (Å²) in [5.41, 5.74) is 3.97. The van der Waals surface area contributed by atoms with Crippen molar-refractivity contribution >= 4 is 23.1 Å². The van der Waals surface area contributed by atoms with Gasteiger partial charge in [0.1, 0.15) is 5.82 Å². The lowest BCUT2D eigenvalue weighted by Gasteiger charge is -2.13. The second-order valence-corrected chi connectivity index (χ2v) is 5.09. The highest BCUT2D eigenvalue weighted by Crippen LogP contribution is 2.23. The third-order valence-electron chi connectivity index (χ3n) is 3.46. The molecule has 0 bridgehead atoms. The monoisotopic (exact) mass is 350 g/mol. The third-order valence-corrected chi connectivity index (χ3v) is 3.46. The number of rotatable bonds is 4. The van der Waals surface area contributed by atoms with Crippen LogP contribution in [0.15, 0.2) is 60.7 Å². The van der Waals surface area contributed by atoms with Gasteiger partial charge in [-0.1, -0.05) is 64.1 Å². The molecule has 2 N–H and O–H groups in total. The predicted molar refractivity (Wildman–Crippen MR) is 114 cm³/mol. The van der Waals surface area contributed by atoms with Crippen molar-refractivity contribution in [2.45, 2.75) is 41.5 Å². The summed E-state index contributed by atoms with van der Waals surface area (Å²) >= 11 is 0. The van der Waals surface area contributed by atoms with Gasteiger partial charge in [0.05, 0.1) is 0 Å². The molecule has 1 heterocycles. The summed E-state index contributed by atoms with van der Waals surface area (Å²) in [4.78, 5) is 9.10. The number of hydrogen-bond acceptors (Lipinski definition) is 4. The van der Waals surface area contributed by atoms with Crippen LogP contribution in [0.1, 0.15) is 39.0 Å². The molecule has 0 unspecified atom stereocenters. The van der Waals surface area contributed by atoms with Gasteiger partial charge in [-0.15, -0.1) is 0 Å². The zero-order chi connectivity index (χ0) is 19.4. The first-order chi connectivity index (χ1) is 12.7. The minimum Gasteiger partial charge on any atom is -0.340 e. The molecule has 0 amide bonds. The van der Waals surface area contributed by atoms with Crippen molar-refractivity contribution in [3.63, 3.8) is 0 Å². The molecule has 0 fully saturated rings. The topological polar surface area (TPSA) is 49.8 Å². The molecule has 3 rings (SSSR count). The highest BCUT2D eigenvalue weighted by Gasteiger charge is 2.08. The lowest BCUT2D eigenvalue weighted by Crippen LogP contribution is -2.05. The van der Waals surface area contributed by atoms with Gasteiger partial charge in [0.15, 0.2) is 0 Å². The second-order valence-electron chi connectivity index (χ2n) is 5.09. The van der Waals surface area contributed by atoms with Gasteiger partial charge in [-0.05, 0) is 38.1 Å². The number of nitrogens with one attached hydrogen (secondary N) is 2. The van der Waals surface area contributed by atoms with Gasteiger partial charge in [-0.25, -0.2) is 4.98 Å². The SMILES string of the molecule is CC.CC.Cc1nc(Nc2ccccc2)nc(Nc2ccccc2)c1C. The summed E-state index contributed by atoms with van der Waals surface area (Å²) in [6.07, 6.45) is 0. The molecule has 0 radical (unpaired) electrons. The van der Waals surface area contributed by atoms with Gasteiger partial charge in [0.2, 0.25) is 5.95 Å². The predicted octanol–water partition coefficient (Wildman–Crippen LogP) is 6.63. The van der Waals surface area contributed by atoms with Crippen LogP contribution in [0.25, 0.3) is 0 Å². The third kappa shape index (κ3) is 6.20. The molecule has 3 aromatic rings. The number of aromatic nitrogens is 2. The fourth-order valence-corrected chi connectivity index (χ4v) is 2.12. The highest BCUT2D eigenvalue weighted by molar-refractivity contribution is 5.63. The van der Waals surface area contributed by atoms with E-state index in [-0.39, 0.29) is 0 Å². The van der Waals surface area contributed by atoms with Crippen LogP contribution in [0.3, 0.4) is 0 Å². The first-order valence-corrected chi connectivity index (χ1v) is 9.22. The van der Waals surface area contributed by atoms with Crippen molar-refractivity contribution in [2.24, 2.45) is 0 Å².